The number of pyridine rings is 1. The number of ether oxygens (including phenoxy) is 1. The second-order valence-corrected chi connectivity index (χ2v) is 6.53. The number of thioether (sulfide) groups is 1. The van der Waals surface area contributed by atoms with E-state index in [0.717, 1.165) is 22.8 Å². The van der Waals surface area contributed by atoms with E-state index in [4.69, 9.17) is 9.26 Å². The molecule has 0 radical (unpaired) electrons. The smallest absolute Gasteiger partial charge is 0.254 e. The van der Waals surface area contributed by atoms with Crippen LogP contribution in [0.15, 0.2) is 58.2 Å². The fourth-order valence-corrected chi connectivity index (χ4v) is 3.30. The molecule has 134 valence electrons. The lowest BCUT2D eigenvalue weighted by molar-refractivity contribution is 0.0947. The van der Waals surface area contributed by atoms with Crippen molar-refractivity contribution in [2.45, 2.75) is 24.2 Å². The lowest BCUT2D eigenvalue weighted by Gasteiger charge is -2.11. The van der Waals surface area contributed by atoms with Crippen molar-refractivity contribution >= 4 is 17.7 Å². The van der Waals surface area contributed by atoms with Crippen molar-refractivity contribution in [2.24, 2.45) is 0 Å². The molecule has 1 amide bonds. The van der Waals surface area contributed by atoms with Gasteiger partial charge < -0.3 is 14.6 Å². The molecule has 0 fully saturated rings. The van der Waals surface area contributed by atoms with Gasteiger partial charge >= 0.3 is 0 Å². The summed E-state index contributed by atoms with van der Waals surface area (Å²) in [7, 11) is 1.61. The number of aromatic nitrogens is 2. The van der Waals surface area contributed by atoms with Gasteiger partial charge in [-0.25, -0.2) is 4.98 Å². The first-order valence-corrected chi connectivity index (χ1v) is 9.06. The molecule has 0 saturated heterocycles. The van der Waals surface area contributed by atoms with Gasteiger partial charge in [0.05, 0.1) is 18.4 Å². The Morgan fingerprint density at radius 1 is 1.27 bits per heavy atom. The van der Waals surface area contributed by atoms with E-state index >= 15 is 0 Å². The van der Waals surface area contributed by atoms with Crippen LogP contribution in [0.3, 0.4) is 0 Å². The summed E-state index contributed by atoms with van der Waals surface area (Å²) >= 11 is 1.45. The minimum atomic E-state index is -0.178. The average Bonchev–Trinajstić information content (AvgIpc) is 3.10. The number of hydrogen-bond acceptors (Lipinski definition) is 6. The topological polar surface area (TPSA) is 77.2 Å². The maximum Gasteiger partial charge on any atom is 0.254 e. The molecule has 2 heterocycles. The Hall–Kier alpha value is -2.80. The van der Waals surface area contributed by atoms with Gasteiger partial charge in [-0.05, 0) is 25.1 Å². The van der Waals surface area contributed by atoms with Crippen LogP contribution in [-0.2, 0) is 12.3 Å². The van der Waals surface area contributed by atoms with Gasteiger partial charge in [-0.2, -0.15) is 0 Å². The third-order valence-corrected chi connectivity index (χ3v) is 4.72. The van der Waals surface area contributed by atoms with Gasteiger partial charge in [0.1, 0.15) is 16.5 Å². The number of amides is 1. The largest absolute Gasteiger partial charge is 0.496 e. The highest BCUT2D eigenvalue weighted by Gasteiger charge is 2.14. The molecule has 1 aromatic carbocycles. The summed E-state index contributed by atoms with van der Waals surface area (Å²) in [5, 5.41) is 7.55. The summed E-state index contributed by atoms with van der Waals surface area (Å²) in [5.41, 5.74) is 2.27. The molecule has 0 aliphatic rings. The first-order chi connectivity index (χ1) is 12.7. The highest BCUT2D eigenvalue weighted by atomic mass is 32.2. The van der Waals surface area contributed by atoms with Crippen molar-refractivity contribution < 1.29 is 14.1 Å². The van der Waals surface area contributed by atoms with Crippen molar-refractivity contribution in [1.82, 2.24) is 15.5 Å². The van der Waals surface area contributed by atoms with Crippen LogP contribution in [0.5, 0.6) is 5.75 Å². The number of nitrogens with zero attached hydrogens (tertiary/aromatic N) is 2. The maximum absolute atomic E-state index is 12.6. The van der Waals surface area contributed by atoms with Crippen LogP contribution in [0.2, 0.25) is 0 Å². The molecular formula is C19H19N3O3S. The molecule has 2 aromatic heterocycles. The zero-order chi connectivity index (χ0) is 18.4. The Labute approximate surface area is 156 Å². The maximum atomic E-state index is 12.6. The summed E-state index contributed by atoms with van der Waals surface area (Å²) in [6, 6.07) is 13.0. The van der Waals surface area contributed by atoms with Crippen molar-refractivity contribution in [3.63, 3.8) is 0 Å². The zero-order valence-corrected chi connectivity index (χ0v) is 15.4. The number of aryl methyl sites for hydroxylation is 1. The van der Waals surface area contributed by atoms with Crippen LogP contribution in [0.4, 0.5) is 0 Å². The van der Waals surface area contributed by atoms with E-state index in [1.54, 1.807) is 25.4 Å². The van der Waals surface area contributed by atoms with E-state index in [2.05, 4.69) is 15.5 Å². The van der Waals surface area contributed by atoms with Crippen LogP contribution in [0.25, 0.3) is 0 Å². The first-order valence-electron chi connectivity index (χ1n) is 8.07. The molecular weight excluding hydrogens is 350 g/mol. The Morgan fingerprint density at radius 2 is 2.12 bits per heavy atom. The minimum Gasteiger partial charge on any atom is -0.496 e. The number of carbonyl (C=O) groups is 1. The van der Waals surface area contributed by atoms with Crippen LogP contribution in [0, 0.1) is 6.92 Å². The van der Waals surface area contributed by atoms with Gasteiger partial charge in [-0.3, -0.25) is 4.79 Å². The van der Waals surface area contributed by atoms with E-state index in [9.17, 15) is 4.79 Å². The van der Waals surface area contributed by atoms with Gasteiger partial charge in [0, 0.05) is 30.1 Å². The van der Waals surface area contributed by atoms with Gasteiger partial charge in [0.25, 0.3) is 5.91 Å². The van der Waals surface area contributed by atoms with Crippen LogP contribution in [0.1, 0.15) is 27.4 Å². The number of hydrogen-bond donors (Lipinski definition) is 1. The van der Waals surface area contributed by atoms with Crippen LogP contribution < -0.4 is 10.1 Å². The van der Waals surface area contributed by atoms with Crippen molar-refractivity contribution in [2.75, 3.05) is 7.11 Å². The van der Waals surface area contributed by atoms with Crippen molar-refractivity contribution in [3.05, 3.63) is 71.2 Å². The summed E-state index contributed by atoms with van der Waals surface area (Å²) < 4.78 is 10.4. The standard InChI is InChI=1S/C19H19N3O3S/c1-13-10-15(22-25-13)12-26-19-16(7-5-9-20-19)18(23)21-11-14-6-3-4-8-17(14)24-2/h3-10H,11-12H2,1-2H3,(H,21,23). The van der Waals surface area contributed by atoms with Crippen molar-refractivity contribution in [3.8, 4) is 5.75 Å². The average molecular weight is 369 g/mol. The predicted molar refractivity (Wildman–Crippen MR) is 99.2 cm³/mol. The SMILES string of the molecule is COc1ccccc1CNC(=O)c1cccnc1SCc1cc(C)on1. The second-order valence-electron chi connectivity index (χ2n) is 5.57. The Morgan fingerprint density at radius 3 is 2.88 bits per heavy atom. The number of carbonyl (C=O) groups excluding carboxylic acids is 1. The molecule has 1 N–H and O–H groups in total. The van der Waals surface area contributed by atoms with Gasteiger partial charge in [-0.1, -0.05) is 35.1 Å². The number of nitrogens with one attached hydrogen (secondary N) is 1. The molecule has 0 bridgehead atoms. The van der Waals surface area contributed by atoms with Crippen LogP contribution >= 0.6 is 11.8 Å². The van der Waals surface area contributed by atoms with E-state index in [0.29, 0.717) is 22.9 Å². The Balaban J connectivity index is 1.67. The molecule has 6 nitrogen and oxygen atoms in total. The third-order valence-electron chi connectivity index (χ3n) is 3.68. The first kappa shape index (κ1) is 18.0. The number of benzene rings is 1. The monoisotopic (exact) mass is 369 g/mol. The molecule has 26 heavy (non-hydrogen) atoms. The molecule has 0 aliphatic heterocycles. The molecule has 0 atom stereocenters. The quantitative estimate of drug-likeness (QED) is 0.641. The van der Waals surface area contributed by atoms with Gasteiger partial charge in [-0.15, -0.1) is 0 Å². The van der Waals surface area contributed by atoms with Gasteiger partial charge in [0.15, 0.2) is 0 Å². The van der Waals surface area contributed by atoms with Crippen molar-refractivity contribution in [1.29, 1.82) is 0 Å². The molecule has 0 spiro atoms. The molecule has 7 heteroatoms. The highest BCUT2D eigenvalue weighted by molar-refractivity contribution is 7.98. The summed E-state index contributed by atoms with van der Waals surface area (Å²) in [6.07, 6.45) is 1.67. The lowest BCUT2D eigenvalue weighted by Crippen LogP contribution is -2.24. The van der Waals surface area contributed by atoms with E-state index in [-0.39, 0.29) is 5.91 Å². The zero-order valence-electron chi connectivity index (χ0n) is 14.6. The summed E-state index contributed by atoms with van der Waals surface area (Å²) in [5.74, 6) is 1.91. The molecule has 0 unspecified atom stereocenters. The third kappa shape index (κ3) is 4.43. The highest BCUT2D eigenvalue weighted by Crippen LogP contribution is 2.24. The normalized spacial score (nSPS) is 10.5. The van der Waals surface area contributed by atoms with E-state index < -0.39 is 0 Å². The number of methoxy groups -OCH3 is 1. The minimum absolute atomic E-state index is 0.178. The Bertz CT molecular complexity index is 895. The van der Waals surface area contributed by atoms with Gasteiger partial charge in [0.2, 0.25) is 0 Å². The molecule has 3 rings (SSSR count). The Kier molecular flexibility index (Phi) is 5.91. The number of rotatable bonds is 7. The predicted octanol–water partition coefficient (Wildman–Crippen LogP) is 3.61. The summed E-state index contributed by atoms with van der Waals surface area (Å²) in [4.78, 5) is 16.9. The van der Waals surface area contributed by atoms with Crippen LogP contribution in [-0.4, -0.2) is 23.2 Å². The summed E-state index contributed by atoms with van der Waals surface area (Å²) in [6.45, 7) is 2.23. The van der Waals surface area contributed by atoms with E-state index in [1.165, 1.54) is 11.8 Å². The lowest BCUT2D eigenvalue weighted by atomic mass is 10.2. The molecule has 3 aromatic rings. The van der Waals surface area contributed by atoms with E-state index in [1.807, 2.05) is 37.3 Å². The fraction of sp³-hybridized carbons (Fsp3) is 0.211. The molecule has 0 saturated carbocycles. The second kappa shape index (κ2) is 8.53. The number of para-hydroxylation sites is 1. The fourth-order valence-electron chi connectivity index (χ4n) is 2.43. The molecule has 0 aliphatic carbocycles.